The van der Waals surface area contributed by atoms with Gasteiger partial charge < -0.3 is 24.3 Å². The van der Waals surface area contributed by atoms with Gasteiger partial charge in [-0.05, 0) is 42.8 Å². The molecule has 3 heterocycles. The molecule has 0 saturated carbocycles. The molecule has 8 nitrogen and oxygen atoms in total. The molecular formula is C23H27N5O3. The number of pyridine rings is 1. The van der Waals surface area contributed by atoms with E-state index in [-0.39, 0.29) is 12.0 Å². The highest BCUT2D eigenvalue weighted by Crippen LogP contribution is 2.16. The molecule has 1 saturated heterocycles. The zero-order chi connectivity index (χ0) is 21.6. The van der Waals surface area contributed by atoms with Crippen molar-refractivity contribution in [2.75, 3.05) is 24.6 Å². The fourth-order valence-electron chi connectivity index (χ4n) is 3.41. The van der Waals surface area contributed by atoms with Crippen molar-refractivity contribution in [1.82, 2.24) is 19.9 Å². The smallest absolute Gasteiger partial charge is 0.251 e. The fraction of sp³-hybridized carbons (Fsp3) is 0.348. The number of imidazole rings is 1. The molecule has 1 amide bonds. The van der Waals surface area contributed by atoms with Crippen LogP contribution in [0, 0.1) is 0 Å². The molecule has 162 valence electrons. The summed E-state index contributed by atoms with van der Waals surface area (Å²) in [5.41, 5.74) is 1.53. The Balaban J connectivity index is 1.27. The predicted molar refractivity (Wildman–Crippen MR) is 117 cm³/mol. The Morgan fingerprint density at radius 3 is 2.74 bits per heavy atom. The molecule has 0 radical (unpaired) electrons. The Morgan fingerprint density at radius 1 is 1.23 bits per heavy atom. The maximum Gasteiger partial charge on any atom is 0.251 e. The minimum Gasteiger partial charge on any atom is -0.486 e. The zero-order valence-corrected chi connectivity index (χ0v) is 17.8. The van der Waals surface area contributed by atoms with Gasteiger partial charge in [0.15, 0.2) is 0 Å². The minimum absolute atomic E-state index is 0.137. The summed E-state index contributed by atoms with van der Waals surface area (Å²) >= 11 is 0. The van der Waals surface area contributed by atoms with Gasteiger partial charge in [0, 0.05) is 50.8 Å². The number of hydrogen-bond donors (Lipinski definition) is 1. The number of aromatic nitrogens is 3. The van der Waals surface area contributed by atoms with E-state index in [2.05, 4.69) is 27.1 Å². The number of hydrogen-bond acceptors (Lipinski definition) is 6. The van der Waals surface area contributed by atoms with E-state index in [4.69, 9.17) is 9.47 Å². The van der Waals surface area contributed by atoms with Gasteiger partial charge in [-0.3, -0.25) is 4.79 Å². The number of benzene rings is 1. The molecule has 1 fully saturated rings. The number of carbonyl (C=O) groups is 1. The lowest BCUT2D eigenvalue weighted by molar-refractivity contribution is 0.0529. The van der Waals surface area contributed by atoms with Gasteiger partial charge in [0.05, 0.1) is 12.7 Å². The Hall–Kier alpha value is -3.39. The van der Waals surface area contributed by atoms with Crippen molar-refractivity contribution in [2.45, 2.75) is 26.2 Å². The molecule has 4 rings (SSSR count). The second kappa shape index (κ2) is 9.61. The van der Waals surface area contributed by atoms with Crippen LogP contribution in [0.3, 0.4) is 0 Å². The summed E-state index contributed by atoms with van der Waals surface area (Å²) in [6.07, 6.45) is 5.63. The summed E-state index contributed by atoms with van der Waals surface area (Å²) in [6.45, 7) is 5.26. The molecule has 8 heteroatoms. The van der Waals surface area contributed by atoms with Crippen molar-refractivity contribution in [2.24, 2.45) is 7.05 Å². The minimum atomic E-state index is -0.137. The first kappa shape index (κ1) is 20.9. The van der Waals surface area contributed by atoms with Crippen LogP contribution in [0.4, 0.5) is 5.82 Å². The van der Waals surface area contributed by atoms with E-state index >= 15 is 0 Å². The van der Waals surface area contributed by atoms with Crippen LogP contribution >= 0.6 is 0 Å². The number of ether oxygens (including phenoxy) is 2. The number of nitrogens with one attached hydrogen (secondary N) is 1. The number of morpholine rings is 1. The van der Waals surface area contributed by atoms with Crippen molar-refractivity contribution >= 4 is 11.7 Å². The largest absolute Gasteiger partial charge is 0.486 e. The molecule has 1 aliphatic rings. The average Bonchev–Trinajstić information content (AvgIpc) is 3.21. The molecule has 1 unspecified atom stereocenters. The van der Waals surface area contributed by atoms with Gasteiger partial charge in [-0.2, -0.15) is 0 Å². The third kappa shape index (κ3) is 5.40. The van der Waals surface area contributed by atoms with Crippen molar-refractivity contribution < 1.29 is 14.3 Å². The first-order chi connectivity index (χ1) is 15.1. The molecule has 2 aromatic heterocycles. The molecule has 1 N–H and O–H groups in total. The molecular weight excluding hydrogens is 394 g/mol. The highest BCUT2D eigenvalue weighted by molar-refractivity contribution is 5.94. The third-order valence-corrected chi connectivity index (χ3v) is 5.23. The predicted octanol–water partition coefficient (Wildman–Crippen LogP) is 2.55. The third-order valence-electron chi connectivity index (χ3n) is 5.23. The monoisotopic (exact) mass is 421 g/mol. The number of rotatable bonds is 7. The van der Waals surface area contributed by atoms with Crippen LogP contribution in [0.25, 0.3) is 0 Å². The van der Waals surface area contributed by atoms with Gasteiger partial charge in [-0.15, -0.1) is 0 Å². The summed E-state index contributed by atoms with van der Waals surface area (Å²) in [5.74, 6) is 2.33. The fourth-order valence-corrected chi connectivity index (χ4v) is 3.41. The summed E-state index contributed by atoms with van der Waals surface area (Å²) < 4.78 is 13.2. The lowest BCUT2D eigenvalue weighted by Crippen LogP contribution is -2.41. The Labute approximate surface area is 181 Å². The summed E-state index contributed by atoms with van der Waals surface area (Å²) in [7, 11) is 1.92. The second-order valence-corrected chi connectivity index (χ2v) is 7.60. The second-order valence-electron chi connectivity index (χ2n) is 7.60. The SMILES string of the molecule is CC1CN(c2ccc(CNC(=O)c3ccc(OCc4nccn4C)cc3)cn2)CCO1. The maximum atomic E-state index is 12.5. The van der Waals surface area contributed by atoms with Crippen molar-refractivity contribution in [1.29, 1.82) is 0 Å². The van der Waals surface area contributed by atoms with Crippen molar-refractivity contribution in [3.63, 3.8) is 0 Å². The van der Waals surface area contributed by atoms with Gasteiger partial charge in [-0.1, -0.05) is 6.07 Å². The first-order valence-electron chi connectivity index (χ1n) is 10.4. The van der Waals surface area contributed by atoms with Crippen LogP contribution in [0.1, 0.15) is 28.7 Å². The van der Waals surface area contributed by atoms with Gasteiger partial charge in [0.2, 0.25) is 0 Å². The number of carbonyl (C=O) groups excluding carboxylic acids is 1. The normalized spacial score (nSPS) is 16.2. The van der Waals surface area contributed by atoms with E-state index in [0.29, 0.717) is 31.1 Å². The summed E-state index contributed by atoms with van der Waals surface area (Å²) in [4.78, 5) is 23.4. The topological polar surface area (TPSA) is 81.5 Å². The highest BCUT2D eigenvalue weighted by Gasteiger charge is 2.17. The van der Waals surface area contributed by atoms with Gasteiger partial charge >= 0.3 is 0 Å². The number of nitrogens with zero attached hydrogens (tertiary/aromatic N) is 4. The van der Waals surface area contributed by atoms with Crippen LogP contribution in [0.2, 0.25) is 0 Å². The number of aryl methyl sites for hydroxylation is 1. The van der Waals surface area contributed by atoms with E-state index < -0.39 is 0 Å². The average molecular weight is 422 g/mol. The Bertz CT molecular complexity index is 1000. The molecule has 0 spiro atoms. The first-order valence-corrected chi connectivity index (χ1v) is 10.4. The van der Waals surface area contributed by atoms with Gasteiger partial charge in [0.1, 0.15) is 24.0 Å². The van der Waals surface area contributed by atoms with Crippen LogP contribution in [-0.2, 0) is 24.9 Å². The standard InChI is InChI=1S/C23H27N5O3/c1-17-15-28(11-12-30-17)21-8-3-18(13-25-21)14-26-23(29)19-4-6-20(7-5-19)31-16-22-24-9-10-27(22)2/h3-10,13,17H,11-12,14-16H2,1-2H3,(H,26,29). The number of anilines is 1. The van der Waals surface area contributed by atoms with E-state index in [1.165, 1.54) is 0 Å². The van der Waals surface area contributed by atoms with Crippen LogP contribution in [-0.4, -0.2) is 46.2 Å². The summed E-state index contributed by atoms with van der Waals surface area (Å²) in [6, 6.07) is 11.1. The lowest BCUT2D eigenvalue weighted by Gasteiger charge is -2.32. The molecule has 1 atom stereocenters. The van der Waals surface area contributed by atoms with Crippen LogP contribution < -0.4 is 15.0 Å². The molecule has 1 aliphatic heterocycles. The molecule has 0 bridgehead atoms. The van der Waals surface area contributed by atoms with Crippen molar-refractivity contribution in [3.8, 4) is 5.75 Å². The molecule has 3 aromatic rings. The van der Waals surface area contributed by atoms with E-state index in [1.807, 2.05) is 36.1 Å². The highest BCUT2D eigenvalue weighted by atomic mass is 16.5. The van der Waals surface area contributed by atoms with Crippen LogP contribution in [0.15, 0.2) is 55.0 Å². The quantitative estimate of drug-likeness (QED) is 0.632. The van der Waals surface area contributed by atoms with Gasteiger partial charge in [-0.25, -0.2) is 9.97 Å². The van der Waals surface area contributed by atoms with E-state index in [1.54, 1.807) is 30.5 Å². The van der Waals surface area contributed by atoms with Gasteiger partial charge in [0.25, 0.3) is 5.91 Å². The molecule has 0 aliphatic carbocycles. The van der Waals surface area contributed by atoms with E-state index in [9.17, 15) is 4.79 Å². The zero-order valence-electron chi connectivity index (χ0n) is 17.8. The van der Waals surface area contributed by atoms with E-state index in [0.717, 1.165) is 30.3 Å². The van der Waals surface area contributed by atoms with Crippen molar-refractivity contribution in [3.05, 3.63) is 71.9 Å². The molecule has 31 heavy (non-hydrogen) atoms. The Kier molecular flexibility index (Phi) is 6.47. The Morgan fingerprint density at radius 2 is 2.06 bits per heavy atom. The summed E-state index contributed by atoms with van der Waals surface area (Å²) in [5, 5.41) is 2.94. The van der Waals surface area contributed by atoms with Crippen LogP contribution in [0.5, 0.6) is 5.75 Å². The maximum absolute atomic E-state index is 12.5. The molecule has 1 aromatic carbocycles. The number of amides is 1. The lowest BCUT2D eigenvalue weighted by atomic mass is 10.2.